The summed E-state index contributed by atoms with van der Waals surface area (Å²) in [5.41, 5.74) is 3.03. The molecule has 0 radical (unpaired) electrons. The third-order valence-corrected chi connectivity index (χ3v) is 4.32. The first kappa shape index (κ1) is 12.3. The van der Waals surface area contributed by atoms with Gasteiger partial charge in [-0.2, -0.15) is 0 Å². The Morgan fingerprint density at radius 3 is 2.62 bits per heavy atom. The molecule has 1 saturated carbocycles. The van der Waals surface area contributed by atoms with E-state index < -0.39 is 0 Å². The fourth-order valence-electron chi connectivity index (χ4n) is 3.31. The van der Waals surface area contributed by atoms with E-state index in [2.05, 4.69) is 12.3 Å². The highest BCUT2D eigenvalue weighted by Crippen LogP contribution is 2.31. The highest BCUT2D eigenvalue weighted by Gasteiger charge is 2.30. The average Bonchev–Trinajstić information content (AvgIpc) is 2.74. The van der Waals surface area contributed by atoms with Crippen LogP contribution in [-0.2, 0) is 4.74 Å². The van der Waals surface area contributed by atoms with E-state index in [0.717, 1.165) is 12.5 Å². The summed E-state index contributed by atoms with van der Waals surface area (Å²) in [6.07, 6.45) is 9.91. The van der Waals surface area contributed by atoms with Gasteiger partial charge in [0.15, 0.2) is 0 Å². The van der Waals surface area contributed by atoms with Crippen molar-refractivity contribution >= 4 is 0 Å². The van der Waals surface area contributed by atoms with E-state index in [1.807, 2.05) is 0 Å². The van der Waals surface area contributed by atoms with Crippen LogP contribution < -0.4 is 11.3 Å². The van der Waals surface area contributed by atoms with Crippen LogP contribution in [0.2, 0.25) is 0 Å². The Hall–Kier alpha value is -0.120. The molecule has 0 bridgehead atoms. The van der Waals surface area contributed by atoms with Crippen molar-refractivity contribution in [2.24, 2.45) is 17.7 Å². The van der Waals surface area contributed by atoms with Crippen LogP contribution in [0.5, 0.6) is 0 Å². The van der Waals surface area contributed by atoms with Crippen LogP contribution in [0, 0.1) is 11.8 Å². The van der Waals surface area contributed by atoms with Gasteiger partial charge in [-0.3, -0.25) is 11.3 Å². The maximum atomic E-state index is 5.71. The van der Waals surface area contributed by atoms with Crippen LogP contribution in [0.4, 0.5) is 0 Å². The SMILES string of the molecule is CC1CC(C(CC2CCCCC2)NN)CO1. The van der Waals surface area contributed by atoms with Crippen LogP contribution in [-0.4, -0.2) is 18.8 Å². The van der Waals surface area contributed by atoms with E-state index in [1.165, 1.54) is 44.9 Å². The lowest BCUT2D eigenvalue weighted by Gasteiger charge is -2.29. The maximum Gasteiger partial charge on any atom is 0.0551 e. The van der Waals surface area contributed by atoms with Crippen LogP contribution in [0.15, 0.2) is 0 Å². The predicted molar refractivity (Wildman–Crippen MR) is 65.8 cm³/mol. The standard InChI is InChI=1S/C13H26N2O/c1-10-7-12(9-16-10)13(15-14)8-11-5-3-2-4-6-11/h10-13,15H,2-9,14H2,1H3. The van der Waals surface area contributed by atoms with E-state index in [9.17, 15) is 0 Å². The van der Waals surface area contributed by atoms with Gasteiger partial charge in [-0.1, -0.05) is 32.1 Å². The highest BCUT2D eigenvalue weighted by molar-refractivity contribution is 4.83. The van der Waals surface area contributed by atoms with Crippen molar-refractivity contribution in [2.75, 3.05) is 6.61 Å². The van der Waals surface area contributed by atoms with Crippen LogP contribution in [0.3, 0.4) is 0 Å². The first-order chi connectivity index (χ1) is 7.79. The predicted octanol–water partition coefficient (Wildman–Crippen LogP) is 2.21. The molecule has 3 nitrogen and oxygen atoms in total. The Balaban J connectivity index is 1.80. The molecule has 1 saturated heterocycles. The first-order valence-electron chi connectivity index (χ1n) is 6.87. The number of rotatable bonds is 4. The lowest BCUT2D eigenvalue weighted by molar-refractivity contribution is 0.115. The van der Waals surface area contributed by atoms with Crippen molar-refractivity contribution in [3.05, 3.63) is 0 Å². The molecule has 2 fully saturated rings. The molecule has 1 aliphatic heterocycles. The van der Waals surface area contributed by atoms with Crippen molar-refractivity contribution in [3.8, 4) is 0 Å². The molecular weight excluding hydrogens is 200 g/mol. The van der Waals surface area contributed by atoms with Crippen molar-refractivity contribution in [1.82, 2.24) is 5.43 Å². The van der Waals surface area contributed by atoms with Gasteiger partial charge in [0.1, 0.15) is 0 Å². The normalized spacial score (nSPS) is 34.1. The lowest BCUT2D eigenvalue weighted by atomic mass is 9.81. The molecule has 0 aromatic heterocycles. The number of nitrogens with two attached hydrogens (primary N) is 1. The number of nitrogens with one attached hydrogen (secondary N) is 1. The van der Waals surface area contributed by atoms with Crippen molar-refractivity contribution in [2.45, 2.75) is 64.0 Å². The van der Waals surface area contributed by atoms with Crippen LogP contribution >= 0.6 is 0 Å². The Morgan fingerprint density at radius 2 is 2.06 bits per heavy atom. The summed E-state index contributed by atoms with van der Waals surface area (Å²) in [6.45, 7) is 3.05. The molecule has 0 aromatic rings. The highest BCUT2D eigenvalue weighted by atomic mass is 16.5. The van der Waals surface area contributed by atoms with Gasteiger partial charge in [-0.25, -0.2) is 0 Å². The summed E-state index contributed by atoms with van der Waals surface area (Å²) in [7, 11) is 0. The van der Waals surface area contributed by atoms with Crippen molar-refractivity contribution in [3.63, 3.8) is 0 Å². The minimum Gasteiger partial charge on any atom is -0.378 e. The minimum atomic E-state index is 0.423. The van der Waals surface area contributed by atoms with E-state index in [1.54, 1.807) is 0 Å². The summed E-state index contributed by atoms with van der Waals surface area (Å²) < 4.78 is 5.64. The summed E-state index contributed by atoms with van der Waals surface area (Å²) in [5.74, 6) is 7.23. The maximum absolute atomic E-state index is 5.71. The summed E-state index contributed by atoms with van der Waals surface area (Å²) in [6, 6.07) is 0.466. The Morgan fingerprint density at radius 1 is 1.31 bits per heavy atom. The van der Waals surface area contributed by atoms with Gasteiger partial charge in [0.2, 0.25) is 0 Å². The van der Waals surface area contributed by atoms with E-state index in [-0.39, 0.29) is 0 Å². The third kappa shape index (κ3) is 3.19. The molecule has 0 spiro atoms. The molecule has 0 aromatic carbocycles. The smallest absolute Gasteiger partial charge is 0.0551 e. The molecule has 94 valence electrons. The summed E-state index contributed by atoms with van der Waals surface area (Å²) >= 11 is 0. The number of hydrogen-bond acceptors (Lipinski definition) is 3. The summed E-state index contributed by atoms with van der Waals surface area (Å²) in [5, 5.41) is 0. The molecule has 3 atom stereocenters. The monoisotopic (exact) mass is 226 g/mol. The van der Waals surface area contributed by atoms with Gasteiger partial charge in [0.05, 0.1) is 12.7 Å². The number of hydrazine groups is 1. The van der Waals surface area contributed by atoms with Gasteiger partial charge in [-0.05, 0) is 25.7 Å². The Kier molecular flexibility index (Phi) is 4.62. The van der Waals surface area contributed by atoms with E-state index in [0.29, 0.717) is 18.1 Å². The molecular formula is C13H26N2O. The van der Waals surface area contributed by atoms with Gasteiger partial charge in [-0.15, -0.1) is 0 Å². The molecule has 3 heteroatoms. The van der Waals surface area contributed by atoms with Gasteiger partial charge < -0.3 is 4.74 Å². The van der Waals surface area contributed by atoms with Gasteiger partial charge in [0, 0.05) is 12.0 Å². The molecule has 3 N–H and O–H groups in total. The third-order valence-electron chi connectivity index (χ3n) is 4.32. The largest absolute Gasteiger partial charge is 0.378 e. The van der Waals surface area contributed by atoms with Crippen molar-refractivity contribution in [1.29, 1.82) is 0 Å². The number of ether oxygens (including phenoxy) is 1. The molecule has 1 heterocycles. The van der Waals surface area contributed by atoms with Gasteiger partial charge in [0.25, 0.3) is 0 Å². The lowest BCUT2D eigenvalue weighted by Crippen LogP contribution is -2.42. The first-order valence-corrected chi connectivity index (χ1v) is 6.87. The topological polar surface area (TPSA) is 47.3 Å². The zero-order valence-corrected chi connectivity index (χ0v) is 10.5. The second-order valence-electron chi connectivity index (χ2n) is 5.65. The van der Waals surface area contributed by atoms with Crippen LogP contribution in [0.25, 0.3) is 0 Å². The van der Waals surface area contributed by atoms with Gasteiger partial charge >= 0.3 is 0 Å². The molecule has 2 rings (SSSR count). The molecule has 1 aliphatic carbocycles. The fourth-order valence-corrected chi connectivity index (χ4v) is 3.31. The van der Waals surface area contributed by atoms with E-state index >= 15 is 0 Å². The average molecular weight is 226 g/mol. The molecule has 0 amide bonds. The Labute approximate surface area is 99.1 Å². The summed E-state index contributed by atoms with van der Waals surface area (Å²) in [4.78, 5) is 0. The zero-order valence-electron chi connectivity index (χ0n) is 10.5. The zero-order chi connectivity index (χ0) is 11.4. The van der Waals surface area contributed by atoms with Crippen LogP contribution in [0.1, 0.15) is 51.9 Å². The molecule has 3 unspecified atom stereocenters. The molecule has 16 heavy (non-hydrogen) atoms. The van der Waals surface area contributed by atoms with E-state index in [4.69, 9.17) is 10.6 Å². The Bertz CT molecular complexity index is 204. The number of hydrogen-bond donors (Lipinski definition) is 2. The van der Waals surface area contributed by atoms with Crippen molar-refractivity contribution < 1.29 is 4.74 Å². The minimum absolute atomic E-state index is 0.423. The second-order valence-corrected chi connectivity index (χ2v) is 5.65. The fraction of sp³-hybridized carbons (Fsp3) is 1.00. The molecule has 2 aliphatic rings. The quantitative estimate of drug-likeness (QED) is 0.571. The second kappa shape index (κ2) is 5.99.